The summed E-state index contributed by atoms with van der Waals surface area (Å²) in [5.41, 5.74) is 5.23. The first-order chi connectivity index (χ1) is 5.97. The van der Waals surface area contributed by atoms with Gasteiger partial charge in [0.1, 0.15) is 12.4 Å². The highest BCUT2D eigenvalue weighted by molar-refractivity contribution is 5.34. The first-order valence-corrected chi connectivity index (χ1v) is 3.36. The predicted molar refractivity (Wildman–Crippen MR) is 41.0 cm³/mol. The third-order valence-electron chi connectivity index (χ3n) is 1.12. The van der Waals surface area contributed by atoms with Crippen molar-refractivity contribution in [2.24, 2.45) is 0 Å². The van der Waals surface area contributed by atoms with Crippen LogP contribution in [-0.2, 0) is 0 Å². The molecule has 0 spiro atoms. The number of rotatable bonds is 2. The molecule has 0 bridgehead atoms. The van der Waals surface area contributed by atoms with E-state index < -0.39 is 12.7 Å². The van der Waals surface area contributed by atoms with E-state index in [9.17, 15) is 13.2 Å². The lowest BCUT2D eigenvalue weighted by molar-refractivity contribution is -0.115. The van der Waals surface area contributed by atoms with Gasteiger partial charge in [-0.15, -0.1) is 0 Å². The van der Waals surface area contributed by atoms with E-state index in [1.54, 1.807) is 0 Å². The molecule has 1 rings (SSSR count). The fraction of sp³-hybridized carbons (Fsp3) is 0.333. The number of nitrogens with one attached hydrogen (secondary N) is 1. The maximum absolute atomic E-state index is 11.7. The Bertz CT molecular complexity index is 285. The van der Waals surface area contributed by atoms with E-state index in [0.717, 1.165) is 0 Å². The molecule has 0 saturated heterocycles. The highest BCUT2D eigenvalue weighted by Gasteiger charge is 2.26. The lowest BCUT2D eigenvalue weighted by atomic mass is 10.6. The van der Waals surface area contributed by atoms with Gasteiger partial charge in [-0.25, -0.2) is 4.98 Å². The Morgan fingerprint density at radius 3 is 2.69 bits per heavy atom. The highest BCUT2D eigenvalue weighted by Crippen LogP contribution is 2.14. The van der Waals surface area contributed by atoms with Crippen molar-refractivity contribution in [3.8, 4) is 0 Å². The highest BCUT2D eigenvalue weighted by atomic mass is 19.4. The van der Waals surface area contributed by atoms with Crippen LogP contribution < -0.4 is 11.1 Å². The Hall–Kier alpha value is -1.53. The van der Waals surface area contributed by atoms with E-state index in [2.05, 4.69) is 9.97 Å². The van der Waals surface area contributed by atoms with E-state index in [1.165, 1.54) is 12.3 Å². The summed E-state index contributed by atoms with van der Waals surface area (Å²) in [6.07, 6.45) is -3.00. The molecule has 72 valence electrons. The quantitative estimate of drug-likeness (QED) is 0.734. The van der Waals surface area contributed by atoms with E-state index in [4.69, 9.17) is 5.73 Å². The maximum atomic E-state index is 11.7. The van der Waals surface area contributed by atoms with Crippen LogP contribution in [0.1, 0.15) is 0 Å². The van der Waals surface area contributed by atoms with Crippen LogP contribution in [0.3, 0.4) is 0 Å². The molecule has 0 saturated carbocycles. The zero-order valence-corrected chi connectivity index (χ0v) is 6.47. The standard InChI is InChI=1S/C6H7F3N4/c7-6(8,9)3-12-5-11-2-1-4(10)13-5/h1-2H,3H2,(H3,10,11,12,13). The Morgan fingerprint density at radius 2 is 2.15 bits per heavy atom. The molecular formula is C6H7F3N4. The van der Waals surface area contributed by atoms with Crippen molar-refractivity contribution in [1.29, 1.82) is 0 Å². The molecule has 0 radical (unpaired) electrons. The SMILES string of the molecule is Nc1ccnc(NCC(F)(F)F)n1. The van der Waals surface area contributed by atoms with Gasteiger partial charge in [0.25, 0.3) is 0 Å². The number of aromatic nitrogens is 2. The van der Waals surface area contributed by atoms with Crippen LogP contribution in [-0.4, -0.2) is 22.7 Å². The minimum atomic E-state index is -4.28. The fourth-order valence-corrected chi connectivity index (χ4v) is 0.637. The lowest BCUT2D eigenvalue weighted by Gasteiger charge is -2.07. The number of nitrogen functional groups attached to an aromatic ring is 1. The van der Waals surface area contributed by atoms with E-state index in [0.29, 0.717) is 0 Å². The largest absolute Gasteiger partial charge is 0.405 e. The molecular weight excluding hydrogens is 185 g/mol. The van der Waals surface area contributed by atoms with Gasteiger partial charge in [-0.05, 0) is 6.07 Å². The molecule has 3 N–H and O–H groups in total. The zero-order valence-electron chi connectivity index (χ0n) is 6.47. The Morgan fingerprint density at radius 1 is 1.46 bits per heavy atom. The van der Waals surface area contributed by atoms with Crippen molar-refractivity contribution in [2.75, 3.05) is 17.6 Å². The van der Waals surface area contributed by atoms with Crippen LogP contribution >= 0.6 is 0 Å². The summed E-state index contributed by atoms with van der Waals surface area (Å²) in [5.74, 6) is -0.00278. The second-order valence-electron chi connectivity index (χ2n) is 2.27. The smallest absolute Gasteiger partial charge is 0.384 e. The van der Waals surface area contributed by atoms with E-state index in [-0.39, 0.29) is 11.8 Å². The molecule has 0 amide bonds. The summed E-state index contributed by atoms with van der Waals surface area (Å²) in [5, 5.41) is 2.00. The maximum Gasteiger partial charge on any atom is 0.405 e. The van der Waals surface area contributed by atoms with Crippen LogP contribution in [0, 0.1) is 0 Å². The average molecular weight is 192 g/mol. The zero-order chi connectivity index (χ0) is 9.90. The molecule has 1 aromatic rings. The summed E-state index contributed by atoms with van der Waals surface area (Å²) in [6.45, 7) is -1.17. The topological polar surface area (TPSA) is 63.8 Å². The molecule has 0 aromatic carbocycles. The van der Waals surface area contributed by atoms with Crippen LogP contribution in [0.25, 0.3) is 0 Å². The summed E-state index contributed by atoms with van der Waals surface area (Å²) >= 11 is 0. The number of alkyl halides is 3. The summed E-state index contributed by atoms with van der Waals surface area (Å²) < 4.78 is 35.1. The molecule has 0 unspecified atom stereocenters. The molecule has 0 aliphatic carbocycles. The van der Waals surface area contributed by atoms with Crippen LogP contribution in [0.2, 0.25) is 0 Å². The monoisotopic (exact) mass is 192 g/mol. The van der Waals surface area contributed by atoms with Crippen molar-refractivity contribution >= 4 is 11.8 Å². The third-order valence-corrected chi connectivity index (χ3v) is 1.12. The predicted octanol–water partition coefficient (Wildman–Crippen LogP) is 1.03. The number of hydrogen-bond donors (Lipinski definition) is 2. The van der Waals surface area contributed by atoms with E-state index in [1.807, 2.05) is 5.32 Å². The molecule has 1 heterocycles. The summed E-state index contributed by atoms with van der Waals surface area (Å²) in [4.78, 5) is 7.07. The second-order valence-corrected chi connectivity index (χ2v) is 2.27. The summed E-state index contributed by atoms with van der Waals surface area (Å²) in [6, 6.07) is 1.39. The molecule has 4 nitrogen and oxygen atoms in total. The number of halogens is 3. The average Bonchev–Trinajstić information content (AvgIpc) is 2.00. The van der Waals surface area contributed by atoms with Gasteiger partial charge in [0.15, 0.2) is 0 Å². The molecule has 1 aromatic heterocycles. The minimum Gasteiger partial charge on any atom is -0.384 e. The molecule has 0 aliphatic rings. The first kappa shape index (κ1) is 9.56. The number of nitrogens with two attached hydrogens (primary N) is 1. The normalized spacial score (nSPS) is 11.3. The summed E-state index contributed by atoms with van der Waals surface area (Å²) in [7, 11) is 0. The Labute approximate surface area is 72.0 Å². The molecule has 0 fully saturated rings. The molecule has 0 atom stereocenters. The van der Waals surface area contributed by atoms with Gasteiger partial charge in [-0.1, -0.05) is 0 Å². The minimum absolute atomic E-state index is 0.125. The van der Waals surface area contributed by atoms with Crippen molar-refractivity contribution in [3.05, 3.63) is 12.3 Å². The van der Waals surface area contributed by atoms with E-state index >= 15 is 0 Å². The first-order valence-electron chi connectivity index (χ1n) is 3.36. The van der Waals surface area contributed by atoms with Gasteiger partial charge in [-0.3, -0.25) is 0 Å². The second kappa shape index (κ2) is 3.46. The Balaban J connectivity index is 2.55. The lowest BCUT2D eigenvalue weighted by Crippen LogP contribution is -2.22. The third kappa shape index (κ3) is 3.59. The van der Waals surface area contributed by atoms with Crippen molar-refractivity contribution in [2.45, 2.75) is 6.18 Å². The number of hydrogen-bond acceptors (Lipinski definition) is 4. The van der Waals surface area contributed by atoms with Gasteiger partial charge in [0.2, 0.25) is 5.95 Å². The molecule has 13 heavy (non-hydrogen) atoms. The molecule has 0 aliphatic heterocycles. The Kier molecular flexibility index (Phi) is 2.54. The molecule has 7 heteroatoms. The van der Waals surface area contributed by atoms with Crippen LogP contribution in [0.15, 0.2) is 12.3 Å². The number of nitrogens with zero attached hydrogens (tertiary/aromatic N) is 2. The van der Waals surface area contributed by atoms with Gasteiger partial charge in [-0.2, -0.15) is 18.2 Å². The van der Waals surface area contributed by atoms with Gasteiger partial charge in [0, 0.05) is 6.20 Å². The van der Waals surface area contributed by atoms with Gasteiger partial charge in [0.05, 0.1) is 0 Å². The van der Waals surface area contributed by atoms with Crippen molar-refractivity contribution in [1.82, 2.24) is 9.97 Å². The number of anilines is 2. The van der Waals surface area contributed by atoms with Gasteiger partial charge >= 0.3 is 6.18 Å². The van der Waals surface area contributed by atoms with Crippen molar-refractivity contribution < 1.29 is 13.2 Å². The van der Waals surface area contributed by atoms with Crippen molar-refractivity contribution in [3.63, 3.8) is 0 Å². The van der Waals surface area contributed by atoms with Crippen LogP contribution in [0.5, 0.6) is 0 Å². The van der Waals surface area contributed by atoms with Crippen LogP contribution in [0.4, 0.5) is 24.9 Å². The fourth-order valence-electron chi connectivity index (χ4n) is 0.637. The van der Waals surface area contributed by atoms with Gasteiger partial charge < -0.3 is 11.1 Å².